The molecule has 0 fully saturated rings. The first-order valence-corrected chi connectivity index (χ1v) is 16.8. The molecule has 0 aliphatic rings. The van der Waals surface area contributed by atoms with Crippen molar-refractivity contribution in [2.45, 2.75) is 0 Å². The summed E-state index contributed by atoms with van der Waals surface area (Å²) in [5.74, 6) is 0. The number of pyridine rings is 1. The molecule has 0 radical (unpaired) electrons. The van der Waals surface area contributed by atoms with Crippen molar-refractivity contribution < 1.29 is 0 Å². The summed E-state index contributed by atoms with van der Waals surface area (Å²) in [5, 5.41) is 9.92. The van der Waals surface area contributed by atoms with E-state index in [-0.39, 0.29) is 0 Å². The number of aromatic nitrogens is 2. The third-order valence-corrected chi connectivity index (χ3v) is 10.0. The van der Waals surface area contributed by atoms with E-state index >= 15 is 0 Å². The molecule has 0 atom stereocenters. The van der Waals surface area contributed by atoms with Crippen LogP contribution in [0.25, 0.3) is 93.3 Å². The van der Waals surface area contributed by atoms with Gasteiger partial charge in [0.05, 0.1) is 16.7 Å². The quantitative estimate of drug-likeness (QED) is 0.179. The van der Waals surface area contributed by atoms with E-state index in [0.717, 1.165) is 22.5 Å². The molecule has 8 aromatic carbocycles. The number of rotatable bonds is 4. The average Bonchev–Trinajstić information content (AvgIpc) is 3.53. The SMILES string of the molecule is c1ccc(-c2c3ccccc3c(-c3ccc(-c4cccc5c4c4c6ccccc6ccc4n5-c4ccccc4)nc3)c3ccccc23)cc1. The molecule has 0 bridgehead atoms. The van der Waals surface area contributed by atoms with Crippen LogP contribution in [-0.4, -0.2) is 9.55 Å². The fraction of sp³-hybridized carbons (Fsp3) is 0. The zero-order valence-corrected chi connectivity index (χ0v) is 26.7. The Hall–Kier alpha value is -6.51. The van der Waals surface area contributed by atoms with Gasteiger partial charge in [-0.05, 0) is 79.3 Å². The Kier molecular flexibility index (Phi) is 6.22. The molecule has 49 heavy (non-hydrogen) atoms. The van der Waals surface area contributed by atoms with E-state index in [1.54, 1.807) is 0 Å². The van der Waals surface area contributed by atoms with Gasteiger partial charge in [0.2, 0.25) is 0 Å². The van der Waals surface area contributed by atoms with Crippen molar-refractivity contribution in [2.24, 2.45) is 0 Å². The van der Waals surface area contributed by atoms with Crippen LogP contribution >= 0.6 is 0 Å². The highest BCUT2D eigenvalue weighted by Gasteiger charge is 2.20. The van der Waals surface area contributed by atoms with E-state index in [4.69, 9.17) is 4.98 Å². The summed E-state index contributed by atoms with van der Waals surface area (Å²) in [7, 11) is 0. The maximum absolute atomic E-state index is 5.23. The number of benzene rings is 8. The van der Waals surface area contributed by atoms with Crippen LogP contribution in [0.3, 0.4) is 0 Å². The van der Waals surface area contributed by atoms with Crippen LogP contribution in [0.15, 0.2) is 182 Å². The maximum atomic E-state index is 5.23. The molecule has 0 N–H and O–H groups in total. The fourth-order valence-electron chi connectivity index (χ4n) is 7.95. The van der Waals surface area contributed by atoms with Crippen molar-refractivity contribution in [1.82, 2.24) is 9.55 Å². The van der Waals surface area contributed by atoms with E-state index < -0.39 is 0 Å². The zero-order valence-electron chi connectivity index (χ0n) is 26.7. The Morgan fingerprint density at radius 3 is 1.59 bits per heavy atom. The summed E-state index contributed by atoms with van der Waals surface area (Å²) in [5.41, 5.74) is 10.4. The van der Waals surface area contributed by atoms with Gasteiger partial charge in [-0.25, -0.2) is 0 Å². The van der Waals surface area contributed by atoms with Crippen molar-refractivity contribution in [3.63, 3.8) is 0 Å². The number of fused-ring (bicyclic) bond motifs is 7. The van der Waals surface area contributed by atoms with E-state index in [9.17, 15) is 0 Å². The second kappa shape index (κ2) is 11.0. The largest absolute Gasteiger partial charge is 0.309 e. The summed E-state index contributed by atoms with van der Waals surface area (Å²) in [6, 6.07) is 63.3. The Bertz CT molecular complexity index is 2790. The predicted octanol–water partition coefficient (Wildman–Crippen LogP) is 12.6. The Morgan fingerprint density at radius 2 is 0.939 bits per heavy atom. The molecule has 0 aliphatic carbocycles. The van der Waals surface area contributed by atoms with Crippen molar-refractivity contribution in [2.75, 3.05) is 0 Å². The zero-order chi connectivity index (χ0) is 32.3. The maximum Gasteiger partial charge on any atom is 0.0709 e. The van der Waals surface area contributed by atoms with Gasteiger partial charge in [-0.3, -0.25) is 4.98 Å². The minimum absolute atomic E-state index is 0.962. The fourth-order valence-corrected chi connectivity index (χ4v) is 7.95. The summed E-state index contributed by atoms with van der Waals surface area (Å²) >= 11 is 0. The molecular weight excluding hydrogens is 593 g/mol. The molecule has 2 nitrogen and oxygen atoms in total. The monoisotopic (exact) mass is 622 g/mol. The minimum atomic E-state index is 0.962. The van der Waals surface area contributed by atoms with Crippen molar-refractivity contribution in [3.05, 3.63) is 182 Å². The van der Waals surface area contributed by atoms with Crippen molar-refractivity contribution >= 4 is 54.1 Å². The van der Waals surface area contributed by atoms with E-state index in [1.165, 1.54) is 70.8 Å². The third kappa shape index (κ3) is 4.24. The van der Waals surface area contributed by atoms with Gasteiger partial charge in [0.15, 0.2) is 0 Å². The van der Waals surface area contributed by atoms with Gasteiger partial charge in [-0.1, -0.05) is 146 Å². The Morgan fingerprint density at radius 1 is 0.367 bits per heavy atom. The van der Waals surface area contributed by atoms with Gasteiger partial charge < -0.3 is 4.57 Å². The standard InChI is InChI=1S/C47H30N2/c1-3-15-32(16-4-1)44-36-20-9-11-22-38(36)45(39-23-12-10-21-37(39)44)33-26-28-41(48-30-33)40-24-13-25-42-47(40)46-35-19-8-7-14-31(35)27-29-43(46)49(42)34-17-5-2-6-18-34/h1-30H. The first-order chi connectivity index (χ1) is 24.3. The molecule has 0 spiro atoms. The molecule has 0 aliphatic heterocycles. The lowest BCUT2D eigenvalue weighted by Gasteiger charge is -2.17. The number of para-hydroxylation sites is 1. The van der Waals surface area contributed by atoms with Crippen LogP contribution in [0.1, 0.15) is 0 Å². The lowest BCUT2D eigenvalue weighted by atomic mass is 9.86. The third-order valence-electron chi connectivity index (χ3n) is 10.0. The topological polar surface area (TPSA) is 17.8 Å². The van der Waals surface area contributed by atoms with Gasteiger partial charge in [-0.2, -0.15) is 0 Å². The number of hydrogen-bond donors (Lipinski definition) is 0. The summed E-state index contributed by atoms with van der Waals surface area (Å²) in [6.45, 7) is 0. The van der Waals surface area contributed by atoms with Crippen LogP contribution < -0.4 is 0 Å². The highest BCUT2D eigenvalue weighted by molar-refractivity contribution is 6.25. The van der Waals surface area contributed by atoms with Crippen molar-refractivity contribution in [3.8, 4) is 39.2 Å². The van der Waals surface area contributed by atoms with Crippen LogP contribution in [0.2, 0.25) is 0 Å². The molecule has 2 heterocycles. The smallest absolute Gasteiger partial charge is 0.0709 e. The second-order valence-corrected chi connectivity index (χ2v) is 12.7. The van der Waals surface area contributed by atoms with Crippen LogP contribution in [-0.2, 0) is 0 Å². The summed E-state index contributed by atoms with van der Waals surface area (Å²) in [4.78, 5) is 5.23. The van der Waals surface area contributed by atoms with E-state index in [2.05, 4.69) is 187 Å². The summed E-state index contributed by atoms with van der Waals surface area (Å²) in [6.07, 6.45) is 2.07. The molecule has 0 amide bonds. The van der Waals surface area contributed by atoms with Gasteiger partial charge in [-0.15, -0.1) is 0 Å². The normalized spacial score (nSPS) is 11.7. The van der Waals surface area contributed by atoms with Gasteiger partial charge in [0, 0.05) is 33.8 Å². The van der Waals surface area contributed by atoms with Gasteiger partial charge >= 0.3 is 0 Å². The number of nitrogens with zero attached hydrogens (tertiary/aromatic N) is 2. The van der Waals surface area contributed by atoms with Crippen LogP contribution in [0, 0.1) is 0 Å². The molecule has 10 aromatic rings. The van der Waals surface area contributed by atoms with Crippen molar-refractivity contribution in [1.29, 1.82) is 0 Å². The molecule has 0 saturated carbocycles. The lowest BCUT2D eigenvalue weighted by Crippen LogP contribution is -1.93. The van der Waals surface area contributed by atoms with Gasteiger partial charge in [0.25, 0.3) is 0 Å². The molecule has 228 valence electrons. The first kappa shape index (κ1) is 27.6. The van der Waals surface area contributed by atoms with Crippen LogP contribution in [0.4, 0.5) is 0 Å². The minimum Gasteiger partial charge on any atom is -0.309 e. The van der Waals surface area contributed by atoms with E-state index in [0.29, 0.717) is 0 Å². The second-order valence-electron chi connectivity index (χ2n) is 12.7. The summed E-state index contributed by atoms with van der Waals surface area (Å²) < 4.78 is 2.39. The molecule has 10 rings (SSSR count). The first-order valence-electron chi connectivity index (χ1n) is 16.8. The molecule has 0 unspecified atom stereocenters. The Labute approximate surface area is 284 Å². The number of hydrogen-bond acceptors (Lipinski definition) is 1. The predicted molar refractivity (Wildman–Crippen MR) is 207 cm³/mol. The average molecular weight is 623 g/mol. The molecule has 2 heteroatoms. The highest BCUT2D eigenvalue weighted by atomic mass is 15.0. The highest BCUT2D eigenvalue weighted by Crippen LogP contribution is 2.45. The van der Waals surface area contributed by atoms with Gasteiger partial charge in [0.1, 0.15) is 0 Å². The van der Waals surface area contributed by atoms with Crippen LogP contribution in [0.5, 0.6) is 0 Å². The van der Waals surface area contributed by atoms with E-state index in [1.807, 2.05) is 0 Å². The molecular formula is C47H30N2. The lowest BCUT2D eigenvalue weighted by molar-refractivity contribution is 1.18. The molecule has 2 aromatic heterocycles. The molecule has 0 saturated heterocycles. The Balaban J connectivity index is 1.22.